The van der Waals surface area contributed by atoms with E-state index in [-0.39, 0.29) is 16.7 Å². The van der Waals surface area contributed by atoms with Crippen molar-refractivity contribution in [2.24, 2.45) is 5.92 Å². The summed E-state index contributed by atoms with van der Waals surface area (Å²) in [6, 6.07) is 9.74. The van der Waals surface area contributed by atoms with Gasteiger partial charge in [0.15, 0.2) is 11.5 Å². The average Bonchev–Trinajstić information content (AvgIpc) is 2.83. The number of benzene rings is 2. The number of rotatable bonds is 8. The minimum atomic E-state index is -3.61. The number of amides is 1. The Morgan fingerprint density at radius 2 is 1.58 bits per heavy atom. The summed E-state index contributed by atoms with van der Waals surface area (Å²) in [5, 5.41) is 0.480. The molecule has 0 unspecified atom stereocenters. The number of methoxy groups -OCH3 is 3. The lowest BCUT2D eigenvalue weighted by atomic mass is 9.96. The zero-order valence-corrected chi connectivity index (χ0v) is 20.8. The van der Waals surface area contributed by atoms with E-state index in [0.29, 0.717) is 54.7 Å². The monoisotopic (exact) mass is 496 g/mol. The molecular weight excluding hydrogens is 468 g/mol. The molecule has 1 fully saturated rings. The van der Waals surface area contributed by atoms with Crippen LogP contribution in [0.4, 0.5) is 0 Å². The van der Waals surface area contributed by atoms with Crippen LogP contribution in [0, 0.1) is 5.92 Å². The zero-order valence-electron chi connectivity index (χ0n) is 19.2. The smallest absolute Gasteiger partial charge is 0.243 e. The lowest BCUT2D eigenvalue weighted by Gasteiger charge is -2.32. The Balaban J connectivity index is 1.64. The molecule has 0 aliphatic carbocycles. The highest BCUT2D eigenvalue weighted by molar-refractivity contribution is 7.89. The van der Waals surface area contributed by atoms with Crippen LogP contribution < -0.4 is 14.2 Å². The molecule has 3 rings (SSSR count). The zero-order chi connectivity index (χ0) is 24.2. The molecule has 2 aromatic carbocycles. The number of hydrogen-bond donors (Lipinski definition) is 0. The Hall–Kier alpha value is -2.49. The van der Waals surface area contributed by atoms with Crippen molar-refractivity contribution in [2.45, 2.75) is 24.3 Å². The Kier molecular flexibility index (Phi) is 8.10. The van der Waals surface area contributed by atoms with Gasteiger partial charge in [0.25, 0.3) is 0 Å². The van der Waals surface area contributed by atoms with Crippen LogP contribution in [0.3, 0.4) is 0 Å². The van der Waals surface area contributed by atoms with E-state index >= 15 is 0 Å². The summed E-state index contributed by atoms with van der Waals surface area (Å²) in [5.41, 5.74) is 0.836. The van der Waals surface area contributed by atoms with E-state index in [9.17, 15) is 13.2 Å². The fourth-order valence-corrected chi connectivity index (χ4v) is 5.58. The van der Waals surface area contributed by atoms with E-state index in [0.717, 1.165) is 5.56 Å². The van der Waals surface area contributed by atoms with Crippen LogP contribution in [0.1, 0.15) is 18.4 Å². The molecule has 1 amide bonds. The van der Waals surface area contributed by atoms with Crippen molar-refractivity contribution in [1.29, 1.82) is 0 Å². The van der Waals surface area contributed by atoms with Crippen molar-refractivity contribution < 1.29 is 27.4 Å². The first-order valence-electron chi connectivity index (χ1n) is 10.5. The van der Waals surface area contributed by atoms with Crippen LogP contribution in [-0.4, -0.2) is 65.0 Å². The van der Waals surface area contributed by atoms with Gasteiger partial charge in [-0.15, -0.1) is 0 Å². The van der Waals surface area contributed by atoms with E-state index < -0.39 is 10.0 Å². The quantitative estimate of drug-likeness (QED) is 0.556. The maximum absolute atomic E-state index is 13.1. The summed E-state index contributed by atoms with van der Waals surface area (Å²) in [6.07, 6.45) is 0.927. The molecule has 0 bridgehead atoms. The van der Waals surface area contributed by atoms with Gasteiger partial charge in [0.05, 0.1) is 26.2 Å². The van der Waals surface area contributed by atoms with Gasteiger partial charge in [-0.05, 0) is 54.8 Å². The molecule has 10 heteroatoms. The molecule has 0 spiro atoms. The van der Waals surface area contributed by atoms with Crippen LogP contribution in [0.15, 0.2) is 41.3 Å². The molecule has 0 aromatic heterocycles. The number of hydrogen-bond acceptors (Lipinski definition) is 6. The van der Waals surface area contributed by atoms with Gasteiger partial charge < -0.3 is 19.1 Å². The standard InChI is InChI=1S/C23H29ClN2O6S/c1-25(15-16-13-20(30-2)22(32-4)21(14-16)31-3)23(27)17-9-11-26(12-10-17)33(28,29)19-7-5-18(24)6-8-19/h5-8,13-14,17H,9-12,15H2,1-4H3. The summed E-state index contributed by atoms with van der Waals surface area (Å²) in [7, 11) is 2.75. The molecule has 180 valence electrons. The van der Waals surface area contributed by atoms with Crippen molar-refractivity contribution in [2.75, 3.05) is 41.5 Å². The molecule has 0 N–H and O–H groups in total. The molecule has 1 aliphatic rings. The van der Waals surface area contributed by atoms with Crippen molar-refractivity contribution in [3.63, 3.8) is 0 Å². The minimum Gasteiger partial charge on any atom is -0.493 e. The second-order valence-electron chi connectivity index (χ2n) is 7.86. The van der Waals surface area contributed by atoms with Gasteiger partial charge in [-0.1, -0.05) is 11.6 Å². The number of sulfonamides is 1. The number of nitrogens with zero attached hydrogens (tertiary/aromatic N) is 2. The molecule has 1 saturated heterocycles. The lowest BCUT2D eigenvalue weighted by molar-refractivity contribution is -0.135. The van der Waals surface area contributed by atoms with Crippen LogP contribution >= 0.6 is 11.6 Å². The maximum atomic E-state index is 13.1. The first-order chi connectivity index (χ1) is 15.7. The highest BCUT2D eigenvalue weighted by Crippen LogP contribution is 2.38. The van der Waals surface area contributed by atoms with E-state index in [1.165, 1.54) is 23.5 Å². The Bertz CT molecular complexity index is 1060. The highest BCUT2D eigenvalue weighted by Gasteiger charge is 2.33. The summed E-state index contributed by atoms with van der Waals surface area (Å²) < 4.78 is 43.3. The first-order valence-corrected chi connectivity index (χ1v) is 12.3. The molecule has 1 aliphatic heterocycles. The van der Waals surface area contributed by atoms with Crippen molar-refractivity contribution in [3.05, 3.63) is 47.0 Å². The number of carbonyl (C=O) groups is 1. The molecule has 2 aromatic rings. The second kappa shape index (κ2) is 10.6. The number of halogens is 1. The van der Waals surface area contributed by atoms with Gasteiger partial charge in [0.2, 0.25) is 21.7 Å². The van der Waals surface area contributed by atoms with Gasteiger partial charge >= 0.3 is 0 Å². The van der Waals surface area contributed by atoms with Crippen LogP contribution in [-0.2, 0) is 21.4 Å². The van der Waals surface area contributed by atoms with Gasteiger partial charge in [-0.3, -0.25) is 4.79 Å². The molecular formula is C23H29ClN2O6S. The number of piperidine rings is 1. The van der Waals surface area contributed by atoms with Gasteiger partial charge in [-0.2, -0.15) is 4.31 Å². The van der Waals surface area contributed by atoms with Crippen LogP contribution in [0.2, 0.25) is 5.02 Å². The van der Waals surface area contributed by atoms with E-state index in [4.69, 9.17) is 25.8 Å². The average molecular weight is 497 g/mol. The molecule has 0 saturated carbocycles. The Labute approximate surface area is 200 Å². The predicted octanol–water partition coefficient (Wildman–Crippen LogP) is 3.43. The van der Waals surface area contributed by atoms with Crippen molar-refractivity contribution >= 4 is 27.5 Å². The summed E-state index contributed by atoms with van der Waals surface area (Å²) in [5.74, 6) is 1.27. The highest BCUT2D eigenvalue weighted by atomic mass is 35.5. The number of ether oxygens (including phenoxy) is 3. The largest absolute Gasteiger partial charge is 0.493 e. The van der Waals surface area contributed by atoms with Gasteiger partial charge in [0.1, 0.15) is 0 Å². The van der Waals surface area contributed by atoms with Crippen LogP contribution in [0.25, 0.3) is 0 Å². The normalized spacial score (nSPS) is 15.2. The summed E-state index contributed by atoms with van der Waals surface area (Å²) >= 11 is 5.87. The van der Waals surface area contributed by atoms with E-state index in [1.807, 2.05) is 12.1 Å². The lowest BCUT2D eigenvalue weighted by Crippen LogP contribution is -2.43. The summed E-state index contributed by atoms with van der Waals surface area (Å²) in [6.45, 7) is 0.942. The maximum Gasteiger partial charge on any atom is 0.243 e. The van der Waals surface area contributed by atoms with E-state index in [1.54, 1.807) is 38.3 Å². The molecule has 0 atom stereocenters. The Morgan fingerprint density at radius 3 is 2.06 bits per heavy atom. The Morgan fingerprint density at radius 1 is 1.03 bits per heavy atom. The third kappa shape index (κ3) is 5.54. The molecule has 33 heavy (non-hydrogen) atoms. The predicted molar refractivity (Wildman–Crippen MR) is 126 cm³/mol. The van der Waals surface area contributed by atoms with Gasteiger partial charge in [0, 0.05) is 37.6 Å². The number of carbonyl (C=O) groups excluding carboxylic acids is 1. The SMILES string of the molecule is COc1cc(CN(C)C(=O)C2CCN(S(=O)(=O)c3ccc(Cl)cc3)CC2)cc(OC)c1OC. The third-order valence-corrected chi connectivity index (χ3v) is 7.94. The minimum absolute atomic E-state index is 0.0210. The fourth-order valence-electron chi connectivity index (χ4n) is 3.99. The van der Waals surface area contributed by atoms with Crippen molar-refractivity contribution in [1.82, 2.24) is 9.21 Å². The topological polar surface area (TPSA) is 85.4 Å². The molecule has 0 radical (unpaired) electrons. The van der Waals surface area contributed by atoms with E-state index in [2.05, 4.69) is 0 Å². The van der Waals surface area contributed by atoms with Crippen LogP contribution in [0.5, 0.6) is 17.2 Å². The molecule has 1 heterocycles. The fraction of sp³-hybridized carbons (Fsp3) is 0.435. The third-order valence-electron chi connectivity index (χ3n) is 5.78. The summed E-state index contributed by atoms with van der Waals surface area (Å²) in [4.78, 5) is 14.9. The van der Waals surface area contributed by atoms with Gasteiger partial charge in [-0.25, -0.2) is 8.42 Å². The molecule has 8 nitrogen and oxygen atoms in total. The first kappa shape index (κ1) is 25.1. The van der Waals surface area contributed by atoms with Crippen molar-refractivity contribution in [3.8, 4) is 17.2 Å². The second-order valence-corrected chi connectivity index (χ2v) is 10.2.